The molecular formula is C16H27N5O2. The van der Waals surface area contributed by atoms with Crippen LogP contribution in [-0.4, -0.2) is 67.5 Å². The topological polar surface area (TPSA) is 90.7 Å². The van der Waals surface area contributed by atoms with Crippen LogP contribution >= 0.6 is 0 Å². The monoisotopic (exact) mass is 321 g/mol. The number of hydrogen-bond acceptors (Lipinski definition) is 5. The highest BCUT2D eigenvalue weighted by atomic mass is 16.2. The Morgan fingerprint density at radius 3 is 2.87 bits per heavy atom. The van der Waals surface area contributed by atoms with Crippen molar-refractivity contribution in [2.75, 3.05) is 39.8 Å². The van der Waals surface area contributed by atoms with Crippen LogP contribution in [0.3, 0.4) is 0 Å². The zero-order valence-electron chi connectivity index (χ0n) is 13.8. The summed E-state index contributed by atoms with van der Waals surface area (Å²) in [6.07, 6.45) is 4.26. The third-order valence-electron chi connectivity index (χ3n) is 3.68. The Labute approximate surface area is 138 Å². The van der Waals surface area contributed by atoms with E-state index < -0.39 is 11.9 Å². The van der Waals surface area contributed by atoms with Crippen molar-refractivity contribution in [3.63, 3.8) is 0 Å². The van der Waals surface area contributed by atoms with Crippen molar-refractivity contribution >= 4 is 11.8 Å². The van der Waals surface area contributed by atoms with Crippen LogP contribution in [0.2, 0.25) is 0 Å². The van der Waals surface area contributed by atoms with Crippen LogP contribution in [0.1, 0.15) is 19.3 Å². The fourth-order valence-electron chi connectivity index (χ4n) is 2.35. The Morgan fingerprint density at radius 1 is 1.48 bits per heavy atom. The number of nitrogens with two attached hydrogens (primary N) is 1. The van der Waals surface area contributed by atoms with Crippen molar-refractivity contribution in [3.8, 4) is 11.8 Å². The molecule has 2 amide bonds. The predicted molar refractivity (Wildman–Crippen MR) is 90.0 cm³/mol. The summed E-state index contributed by atoms with van der Waals surface area (Å²) in [6.45, 7) is 6.39. The number of hydrogen-bond donors (Lipinski definition) is 3. The fraction of sp³-hybridized carbons (Fsp3) is 0.625. The van der Waals surface area contributed by atoms with E-state index in [0.29, 0.717) is 19.5 Å². The van der Waals surface area contributed by atoms with Crippen molar-refractivity contribution in [2.45, 2.75) is 25.3 Å². The molecule has 1 aliphatic heterocycles. The van der Waals surface area contributed by atoms with Crippen molar-refractivity contribution in [1.29, 1.82) is 0 Å². The number of carbonyl (C=O) groups is 2. The molecule has 0 aromatic heterocycles. The van der Waals surface area contributed by atoms with Gasteiger partial charge in [-0.1, -0.05) is 24.3 Å². The van der Waals surface area contributed by atoms with Crippen LogP contribution < -0.4 is 16.5 Å². The zero-order valence-corrected chi connectivity index (χ0v) is 13.8. The lowest BCUT2D eigenvalue weighted by molar-refractivity contribution is -0.132. The molecular weight excluding hydrogens is 294 g/mol. The van der Waals surface area contributed by atoms with Crippen molar-refractivity contribution in [1.82, 2.24) is 20.7 Å². The molecule has 0 aromatic rings. The largest absolute Gasteiger partial charge is 0.368 e. The second kappa shape index (κ2) is 10.8. The molecule has 0 saturated heterocycles. The van der Waals surface area contributed by atoms with E-state index in [1.54, 1.807) is 7.05 Å². The van der Waals surface area contributed by atoms with Gasteiger partial charge in [-0.3, -0.25) is 24.8 Å². The summed E-state index contributed by atoms with van der Waals surface area (Å²) in [6, 6.07) is -0.487. The average molecular weight is 321 g/mol. The average Bonchev–Trinajstić information content (AvgIpc) is 2.52. The molecule has 0 radical (unpaired) electrons. The molecule has 1 rings (SSSR count). The Bertz CT molecular complexity index is 469. The Balaban J connectivity index is 2.78. The predicted octanol–water partition coefficient (Wildman–Crippen LogP) is -0.932. The van der Waals surface area contributed by atoms with E-state index in [1.165, 1.54) is 5.01 Å². The molecule has 1 heterocycles. The first-order valence-corrected chi connectivity index (χ1v) is 7.88. The van der Waals surface area contributed by atoms with Gasteiger partial charge in [-0.05, 0) is 19.4 Å². The van der Waals surface area contributed by atoms with E-state index in [-0.39, 0.29) is 12.5 Å². The lowest BCUT2D eigenvalue weighted by atomic mass is 10.1. The summed E-state index contributed by atoms with van der Waals surface area (Å²) in [7, 11) is 1.66. The van der Waals surface area contributed by atoms with Gasteiger partial charge in [-0.15, -0.1) is 6.58 Å². The number of nitrogens with zero attached hydrogens (tertiary/aromatic N) is 2. The summed E-state index contributed by atoms with van der Waals surface area (Å²) >= 11 is 0. The fourth-order valence-corrected chi connectivity index (χ4v) is 2.35. The second-order valence-corrected chi connectivity index (χ2v) is 5.41. The normalized spacial score (nSPS) is 21.9. The molecule has 0 aromatic carbocycles. The number of primary amides is 1. The molecule has 23 heavy (non-hydrogen) atoms. The molecule has 0 fully saturated rings. The number of hydrazine groups is 1. The highest BCUT2D eigenvalue weighted by molar-refractivity contribution is 5.82. The van der Waals surface area contributed by atoms with Crippen LogP contribution in [0.5, 0.6) is 0 Å². The quantitative estimate of drug-likeness (QED) is 0.460. The maximum atomic E-state index is 12.1. The van der Waals surface area contributed by atoms with E-state index in [4.69, 9.17) is 5.73 Å². The van der Waals surface area contributed by atoms with Crippen LogP contribution in [0, 0.1) is 11.8 Å². The van der Waals surface area contributed by atoms with Gasteiger partial charge in [-0.25, -0.2) is 5.43 Å². The minimum atomic E-state index is -0.487. The smallest absolute Gasteiger partial charge is 0.251 e. The van der Waals surface area contributed by atoms with Crippen molar-refractivity contribution < 1.29 is 9.59 Å². The summed E-state index contributed by atoms with van der Waals surface area (Å²) in [5.41, 5.74) is 8.21. The van der Waals surface area contributed by atoms with E-state index in [2.05, 4.69) is 34.1 Å². The van der Waals surface area contributed by atoms with Gasteiger partial charge in [0.2, 0.25) is 5.91 Å². The number of rotatable bonds is 4. The van der Waals surface area contributed by atoms with Gasteiger partial charge < -0.3 is 5.73 Å². The summed E-state index contributed by atoms with van der Waals surface area (Å²) in [5.74, 6) is 5.48. The Hall–Kier alpha value is -1.88. The minimum Gasteiger partial charge on any atom is -0.368 e. The van der Waals surface area contributed by atoms with E-state index >= 15 is 0 Å². The third-order valence-corrected chi connectivity index (χ3v) is 3.68. The van der Waals surface area contributed by atoms with E-state index in [1.807, 2.05) is 6.08 Å². The first kappa shape index (κ1) is 19.2. The van der Waals surface area contributed by atoms with Crippen LogP contribution in [0.15, 0.2) is 12.7 Å². The highest BCUT2D eigenvalue weighted by Gasteiger charge is 2.18. The lowest BCUT2D eigenvalue weighted by Gasteiger charge is -2.22. The molecule has 0 aliphatic carbocycles. The van der Waals surface area contributed by atoms with Gasteiger partial charge in [0.15, 0.2) is 0 Å². The first-order chi connectivity index (χ1) is 11.1. The molecule has 7 heteroatoms. The number of nitrogens with one attached hydrogen (secondary N) is 2. The third kappa shape index (κ3) is 7.28. The second-order valence-electron chi connectivity index (χ2n) is 5.41. The van der Waals surface area contributed by atoms with Gasteiger partial charge in [0, 0.05) is 13.6 Å². The summed E-state index contributed by atoms with van der Waals surface area (Å²) < 4.78 is 0. The molecule has 0 saturated carbocycles. The standard InChI is InChI=1S/C16H27N5O2/c1-3-9-20-10-5-4-8-14(16(17)23)19-13-15(22)21(18-2)12-7-6-11-20/h3,14,18-19H,1,4-5,8-13H2,2H3,(H2,17,23)/t14-/m0/s1. The van der Waals surface area contributed by atoms with Gasteiger partial charge >= 0.3 is 0 Å². The van der Waals surface area contributed by atoms with Crippen molar-refractivity contribution in [2.24, 2.45) is 5.73 Å². The highest BCUT2D eigenvalue weighted by Crippen LogP contribution is 2.03. The maximum absolute atomic E-state index is 12.1. The first-order valence-electron chi connectivity index (χ1n) is 7.88. The van der Waals surface area contributed by atoms with Gasteiger partial charge in [0.25, 0.3) is 5.91 Å². The zero-order chi connectivity index (χ0) is 17.1. The Morgan fingerprint density at radius 2 is 2.22 bits per heavy atom. The van der Waals surface area contributed by atoms with Crippen LogP contribution in [-0.2, 0) is 9.59 Å². The summed E-state index contributed by atoms with van der Waals surface area (Å²) in [5, 5.41) is 4.36. The lowest BCUT2D eigenvalue weighted by Crippen LogP contribution is -2.49. The van der Waals surface area contributed by atoms with E-state index in [9.17, 15) is 9.59 Å². The SMILES string of the molecule is C=CCN1CC#CCN(NC)C(=O)CN[C@H](C(N)=O)CCCC1. The van der Waals surface area contributed by atoms with Gasteiger partial charge in [0.05, 0.1) is 25.7 Å². The van der Waals surface area contributed by atoms with Crippen LogP contribution in [0.4, 0.5) is 0 Å². The van der Waals surface area contributed by atoms with Crippen LogP contribution in [0.25, 0.3) is 0 Å². The molecule has 1 aliphatic rings. The molecule has 4 N–H and O–H groups in total. The van der Waals surface area contributed by atoms with Crippen molar-refractivity contribution in [3.05, 3.63) is 12.7 Å². The Kier molecular flexibility index (Phi) is 8.98. The number of amides is 2. The molecule has 0 bridgehead atoms. The van der Waals surface area contributed by atoms with Gasteiger partial charge in [-0.2, -0.15) is 0 Å². The maximum Gasteiger partial charge on any atom is 0.251 e. The summed E-state index contributed by atoms with van der Waals surface area (Å²) in [4.78, 5) is 25.8. The molecule has 7 nitrogen and oxygen atoms in total. The van der Waals surface area contributed by atoms with Gasteiger partial charge in [0.1, 0.15) is 0 Å². The van der Waals surface area contributed by atoms with E-state index in [0.717, 1.165) is 25.9 Å². The minimum absolute atomic E-state index is 0.0543. The molecule has 128 valence electrons. The molecule has 0 spiro atoms. The number of carbonyl (C=O) groups excluding carboxylic acids is 2. The molecule has 1 atom stereocenters. The molecule has 0 unspecified atom stereocenters.